The van der Waals surface area contributed by atoms with E-state index in [1.54, 1.807) is 6.20 Å². The van der Waals surface area contributed by atoms with Crippen molar-refractivity contribution < 1.29 is 4.74 Å². The molecule has 2 aromatic heterocycles. The molecule has 3 rings (SSSR count). The van der Waals surface area contributed by atoms with Crippen molar-refractivity contribution in [2.24, 2.45) is 0 Å². The summed E-state index contributed by atoms with van der Waals surface area (Å²) in [5.41, 5.74) is 1.74. The SMILES string of the molecule is C[C@@H]1CN(Cc2nc3ncc(Br)cc3[nH]2)C[C@H](C)O1. The highest BCUT2D eigenvalue weighted by Gasteiger charge is 2.22. The van der Waals surface area contributed by atoms with Gasteiger partial charge >= 0.3 is 0 Å². The lowest BCUT2D eigenvalue weighted by Gasteiger charge is -2.34. The number of nitrogens with zero attached hydrogens (tertiary/aromatic N) is 3. The zero-order chi connectivity index (χ0) is 13.4. The Hall–Kier alpha value is -0.980. The van der Waals surface area contributed by atoms with E-state index in [2.05, 4.69) is 49.6 Å². The molecule has 0 radical (unpaired) electrons. The molecule has 1 saturated heterocycles. The summed E-state index contributed by atoms with van der Waals surface area (Å²) >= 11 is 3.42. The first-order chi connectivity index (χ1) is 9.10. The number of imidazole rings is 1. The highest BCUT2D eigenvalue weighted by molar-refractivity contribution is 9.10. The second-order valence-corrected chi connectivity index (χ2v) is 6.08. The van der Waals surface area contributed by atoms with E-state index in [1.807, 2.05) is 6.07 Å². The molecule has 1 fully saturated rings. The molecule has 0 unspecified atom stereocenters. The van der Waals surface area contributed by atoms with E-state index < -0.39 is 0 Å². The van der Waals surface area contributed by atoms with E-state index in [0.717, 1.165) is 41.1 Å². The van der Waals surface area contributed by atoms with Crippen molar-refractivity contribution in [3.63, 3.8) is 0 Å². The van der Waals surface area contributed by atoms with Crippen LogP contribution in [0.2, 0.25) is 0 Å². The van der Waals surface area contributed by atoms with E-state index in [0.29, 0.717) is 0 Å². The zero-order valence-electron chi connectivity index (χ0n) is 11.1. The summed E-state index contributed by atoms with van der Waals surface area (Å²) in [6.45, 7) is 6.92. The first-order valence-corrected chi connectivity index (χ1v) is 7.27. The van der Waals surface area contributed by atoms with E-state index in [1.165, 1.54) is 0 Å². The number of fused-ring (bicyclic) bond motifs is 1. The molecule has 0 amide bonds. The molecule has 19 heavy (non-hydrogen) atoms. The number of aromatic amines is 1. The largest absolute Gasteiger partial charge is 0.373 e. The lowest BCUT2D eigenvalue weighted by atomic mass is 10.2. The molecule has 1 aliphatic rings. The standard InChI is InChI=1S/C13H17BrN4O/c1-8-5-18(6-9(2)19-8)7-12-16-11-3-10(14)4-15-13(11)17-12/h3-4,8-9H,5-7H2,1-2H3,(H,15,16,17)/t8-,9+. The Balaban J connectivity index is 1.77. The predicted octanol–water partition coefficient (Wildman–Crippen LogP) is 2.33. The van der Waals surface area contributed by atoms with Crippen molar-refractivity contribution in [1.29, 1.82) is 0 Å². The van der Waals surface area contributed by atoms with Crippen LogP contribution < -0.4 is 0 Å². The van der Waals surface area contributed by atoms with E-state index in [9.17, 15) is 0 Å². The van der Waals surface area contributed by atoms with Crippen LogP contribution in [0.25, 0.3) is 11.2 Å². The predicted molar refractivity (Wildman–Crippen MR) is 76.9 cm³/mol. The minimum Gasteiger partial charge on any atom is -0.373 e. The van der Waals surface area contributed by atoms with Crippen LogP contribution in [0.4, 0.5) is 0 Å². The van der Waals surface area contributed by atoms with E-state index >= 15 is 0 Å². The Kier molecular flexibility index (Phi) is 3.56. The molecule has 2 atom stereocenters. The molecule has 0 saturated carbocycles. The number of hydrogen-bond donors (Lipinski definition) is 1. The van der Waals surface area contributed by atoms with Crippen molar-refractivity contribution >= 4 is 27.1 Å². The first kappa shape index (κ1) is 13.0. The molecule has 0 spiro atoms. The van der Waals surface area contributed by atoms with Gasteiger partial charge < -0.3 is 9.72 Å². The Morgan fingerprint density at radius 2 is 2.16 bits per heavy atom. The second-order valence-electron chi connectivity index (χ2n) is 5.16. The number of ether oxygens (including phenoxy) is 1. The molecule has 6 heteroatoms. The summed E-state index contributed by atoms with van der Waals surface area (Å²) in [7, 11) is 0. The maximum absolute atomic E-state index is 5.74. The molecule has 0 aliphatic carbocycles. The topological polar surface area (TPSA) is 54.0 Å². The second kappa shape index (κ2) is 5.19. The number of halogens is 1. The Labute approximate surface area is 120 Å². The fraction of sp³-hybridized carbons (Fsp3) is 0.538. The van der Waals surface area contributed by atoms with Gasteiger partial charge in [-0.25, -0.2) is 9.97 Å². The summed E-state index contributed by atoms with van der Waals surface area (Å²) in [6, 6.07) is 2.00. The Bertz CT molecular complexity index is 575. The minimum atomic E-state index is 0.278. The summed E-state index contributed by atoms with van der Waals surface area (Å²) in [4.78, 5) is 14.5. The van der Waals surface area contributed by atoms with Gasteiger partial charge in [0, 0.05) is 23.8 Å². The highest BCUT2D eigenvalue weighted by atomic mass is 79.9. The molecule has 0 aromatic carbocycles. The van der Waals surface area contributed by atoms with Crippen LogP contribution >= 0.6 is 15.9 Å². The van der Waals surface area contributed by atoms with Gasteiger partial charge in [0.1, 0.15) is 5.82 Å². The average molecular weight is 325 g/mol. The minimum absolute atomic E-state index is 0.278. The molecule has 5 nitrogen and oxygen atoms in total. The third-order valence-electron chi connectivity index (χ3n) is 3.22. The molecule has 2 aromatic rings. The van der Waals surface area contributed by atoms with E-state index in [4.69, 9.17) is 4.74 Å². The van der Waals surface area contributed by atoms with Crippen molar-refractivity contribution in [2.75, 3.05) is 13.1 Å². The molecule has 3 heterocycles. The Morgan fingerprint density at radius 3 is 2.89 bits per heavy atom. The van der Waals surface area contributed by atoms with Crippen molar-refractivity contribution in [3.8, 4) is 0 Å². The molecular formula is C13H17BrN4O. The molecular weight excluding hydrogens is 308 g/mol. The zero-order valence-corrected chi connectivity index (χ0v) is 12.6. The summed E-state index contributed by atoms with van der Waals surface area (Å²) < 4.78 is 6.70. The van der Waals surface area contributed by atoms with Gasteiger partial charge in [-0.05, 0) is 35.8 Å². The number of morpholine rings is 1. The van der Waals surface area contributed by atoms with Crippen molar-refractivity contribution in [1.82, 2.24) is 19.9 Å². The van der Waals surface area contributed by atoms with Gasteiger partial charge in [0.2, 0.25) is 0 Å². The van der Waals surface area contributed by atoms with Gasteiger partial charge in [0.05, 0.1) is 24.3 Å². The number of pyridine rings is 1. The highest BCUT2D eigenvalue weighted by Crippen LogP contribution is 2.17. The maximum Gasteiger partial charge on any atom is 0.177 e. The molecule has 1 N–H and O–H groups in total. The summed E-state index contributed by atoms with van der Waals surface area (Å²) in [6.07, 6.45) is 2.33. The quantitative estimate of drug-likeness (QED) is 0.921. The normalized spacial score (nSPS) is 25.0. The van der Waals surface area contributed by atoms with Crippen LogP contribution in [0.15, 0.2) is 16.7 Å². The monoisotopic (exact) mass is 324 g/mol. The maximum atomic E-state index is 5.74. The van der Waals surface area contributed by atoms with Gasteiger partial charge in [-0.3, -0.25) is 4.90 Å². The van der Waals surface area contributed by atoms with Crippen LogP contribution in [-0.2, 0) is 11.3 Å². The first-order valence-electron chi connectivity index (χ1n) is 6.48. The summed E-state index contributed by atoms with van der Waals surface area (Å²) in [5.74, 6) is 0.960. The smallest absolute Gasteiger partial charge is 0.177 e. The number of rotatable bonds is 2. The number of nitrogens with one attached hydrogen (secondary N) is 1. The van der Waals surface area contributed by atoms with Crippen LogP contribution in [0, 0.1) is 0 Å². The number of aromatic nitrogens is 3. The Morgan fingerprint density at radius 1 is 1.42 bits per heavy atom. The third kappa shape index (κ3) is 2.96. The van der Waals surface area contributed by atoms with Gasteiger partial charge in [-0.2, -0.15) is 0 Å². The molecule has 102 valence electrons. The fourth-order valence-electron chi connectivity index (χ4n) is 2.62. The van der Waals surface area contributed by atoms with Gasteiger partial charge in [-0.15, -0.1) is 0 Å². The van der Waals surface area contributed by atoms with E-state index in [-0.39, 0.29) is 12.2 Å². The van der Waals surface area contributed by atoms with Gasteiger partial charge in [-0.1, -0.05) is 0 Å². The van der Waals surface area contributed by atoms with Crippen LogP contribution in [0.5, 0.6) is 0 Å². The summed E-state index contributed by atoms with van der Waals surface area (Å²) in [5, 5.41) is 0. The van der Waals surface area contributed by atoms with Crippen LogP contribution in [0.1, 0.15) is 19.7 Å². The number of hydrogen-bond acceptors (Lipinski definition) is 4. The van der Waals surface area contributed by atoms with Crippen molar-refractivity contribution in [2.45, 2.75) is 32.6 Å². The van der Waals surface area contributed by atoms with Gasteiger partial charge in [0.15, 0.2) is 5.65 Å². The molecule has 1 aliphatic heterocycles. The van der Waals surface area contributed by atoms with Gasteiger partial charge in [0.25, 0.3) is 0 Å². The average Bonchev–Trinajstić information content (AvgIpc) is 2.68. The fourth-order valence-corrected chi connectivity index (χ4v) is 2.96. The van der Waals surface area contributed by atoms with Crippen LogP contribution in [-0.4, -0.2) is 45.1 Å². The van der Waals surface area contributed by atoms with Crippen LogP contribution in [0.3, 0.4) is 0 Å². The van der Waals surface area contributed by atoms with Crippen molar-refractivity contribution in [3.05, 3.63) is 22.6 Å². The lowest BCUT2D eigenvalue weighted by Crippen LogP contribution is -2.44. The molecule has 0 bridgehead atoms. The third-order valence-corrected chi connectivity index (χ3v) is 3.66. The lowest BCUT2D eigenvalue weighted by molar-refractivity contribution is -0.0710. The number of H-pyrrole nitrogens is 1.